The topological polar surface area (TPSA) is 50.2 Å². The number of nitrogens with zero attached hydrogens (tertiary/aromatic N) is 3. The molecule has 7 heteroatoms. The van der Waals surface area contributed by atoms with E-state index in [0.717, 1.165) is 42.5 Å². The van der Waals surface area contributed by atoms with Crippen molar-refractivity contribution < 1.29 is 9.18 Å². The quantitative estimate of drug-likeness (QED) is 0.568. The van der Waals surface area contributed by atoms with Crippen LogP contribution in [0.2, 0.25) is 0 Å². The van der Waals surface area contributed by atoms with E-state index < -0.39 is 5.82 Å². The Kier molecular flexibility index (Phi) is 6.08. The van der Waals surface area contributed by atoms with Gasteiger partial charge in [-0.2, -0.15) is 0 Å². The molecule has 1 aliphatic rings. The number of benzene rings is 2. The molecule has 3 aromatic rings. The number of anilines is 2. The Morgan fingerprint density at radius 3 is 2.67 bits per heavy atom. The summed E-state index contributed by atoms with van der Waals surface area (Å²) in [5.41, 5.74) is 4.43. The molecule has 1 amide bonds. The first-order valence-electron chi connectivity index (χ1n) is 10.1. The van der Waals surface area contributed by atoms with Crippen molar-refractivity contribution >= 4 is 29.0 Å². The average molecular weight is 425 g/mol. The second-order valence-electron chi connectivity index (χ2n) is 7.46. The van der Waals surface area contributed by atoms with Crippen LogP contribution in [0, 0.1) is 19.7 Å². The summed E-state index contributed by atoms with van der Waals surface area (Å²) in [5.74, 6) is -0.508. The number of hydrogen-bond acceptors (Lipinski definition) is 4. The first-order chi connectivity index (χ1) is 14.5. The summed E-state index contributed by atoms with van der Waals surface area (Å²) < 4.78 is 16.5. The SMILES string of the molecule is Cc1cccc(-n2ccnc2SCC(=O)Nc2c(F)cccc2N2CCCC2)c1C. The molecule has 30 heavy (non-hydrogen) atoms. The van der Waals surface area contributed by atoms with Crippen LogP contribution >= 0.6 is 11.8 Å². The fourth-order valence-corrected chi connectivity index (χ4v) is 4.51. The average Bonchev–Trinajstić information content (AvgIpc) is 3.42. The maximum atomic E-state index is 14.5. The minimum Gasteiger partial charge on any atom is -0.370 e. The van der Waals surface area contributed by atoms with Gasteiger partial charge in [-0.15, -0.1) is 0 Å². The molecule has 1 fully saturated rings. The highest BCUT2D eigenvalue weighted by Crippen LogP contribution is 2.32. The standard InChI is InChI=1S/C23H25FN4OS/c1-16-7-5-9-19(17(16)2)28-14-11-25-23(28)30-15-21(29)26-22-18(24)8-6-10-20(22)27-12-3-4-13-27/h5-11,14H,3-4,12-13,15H2,1-2H3,(H,26,29). The Hall–Kier alpha value is -2.80. The molecule has 0 unspecified atom stereocenters. The second kappa shape index (κ2) is 8.92. The van der Waals surface area contributed by atoms with E-state index in [1.165, 1.54) is 29.0 Å². The van der Waals surface area contributed by atoms with E-state index in [1.54, 1.807) is 12.3 Å². The number of rotatable bonds is 6. The van der Waals surface area contributed by atoms with Gasteiger partial charge in [0.2, 0.25) is 5.91 Å². The van der Waals surface area contributed by atoms with Gasteiger partial charge >= 0.3 is 0 Å². The lowest BCUT2D eigenvalue weighted by Crippen LogP contribution is -2.22. The van der Waals surface area contributed by atoms with Gasteiger partial charge < -0.3 is 10.2 Å². The number of thioether (sulfide) groups is 1. The molecule has 0 saturated carbocycles. The smallest absolute Gasteiger partial charge is 0.234 e. The largest absolute Gasteiger partial charge is 0.370 e. The number of imidazole rings is 1. The predicted octanol–water partition coefficient (Wildman–Crippen LogP) is 4.96. The van der Waals surface area contributed by atoms with Gasteiger partial charge in [-0.1, -0.05) is 30.0 Å². The van der Waals surface area contributed by atoms with Gasteiger partial charge in [-0.3, -0.25) is 9.36 Å². The van der Waals surface area contributed by atoms with Gasteiger partial charge in [0.05, 0.1) is 17.1 Å². The summed E-state index contributed by atoms with van der Waals surface area (Å²) >= 11 is 1.34. The minimum atomic E-state index is -0.408. The highest BCUT2D eigenvalue weighted by Gasteiger charge is 2.20. The highest BCUT2D eigenvalue weighted by atomic mass is 32.2. The van der Waals surface area contributed by atoms with Gasteiger partial charge in [0, 0.05) is 25.5 Å². The van der Waals surface area contributed by atoms with Crippen molar-refractivity contribution in [3.8, 4) is 5.69 Å². The fourth-order valence-electron chi connectivity index (χ4n) is 3.74. The molecular weight excluding hydrogens is 399 g/mol. The monoisotopic (exact) mass is 424 g/mol. The van der Waals surface area contributed by atoms with Crippen molar-refractivity contribution in [2.45, 2.75) is 31.8 Å². The first kappa shape index (κ1) is 20.5. The molecule has 1 N–H and O–H groups in total. The highest BCUT2D eigenvalue weighted by molar-refractivity contribution is 7.99. The van der Waals surface area contributed by atoms with Gasteiger partial charge in [-0.25, -0.2) is 9.37 Å². The molecule has 2 heterocycles. The van der Waals surface area contributed by atoms with E-state index in [4.69, 9.17) is 0 Å². The van der Waals surface area contributed by atoms with Crippen LogP contribution in [0.15, 0.2) is 53.9 Å². The molecule has 0 spiro atoms. The van der Waals surface area contributed by atoms with Crippen LogP contribution in [0.25, 0.3) is 5.69 Å². The summed E-state index contributed by atoms with van der Waals surface area (Å²) in [6.45, 7) is 5.91. The van der Waals surface area contributed by atoms with Gasteiger partial charge in [0.25, 0.3) is 0 Å². The number of halogens is 1. The summed E-state index contributed by atoms with van der Waals surface area (Å²) in [5, 5.41) is 3.51. The molecule has 1 aromatic heterocycles. The van der Waals surface area contributed by atoms with Crippen molar-refractivity contribution in [2.24, 2.45) is 0 Å². The van der Waals surface area contributed by atoms with Crippen molar-refractivity contribution in [2.75, 3.05) is 29.1 Å². The fraction of sp³-hybridized carbons (Fsp3) is 0.304. The number of carbonyl (C=O) groups excluding carboxylic acids is 1. The number of hydrogen-bond donors (Lipinski definition) is 1. The van der Waals surface area contributed by atoms with Crippen molar-refractivity contribution in [1.82, 2.24) is 9.55 Å². The Balaban J connectivity index is 1.47. The van der Waals surface area contributed by atoms with Crippen LogP contribution in [0.1, 0.15) is 24.0 Å². The maximum absolute atomic E-state index is 14.5. The van der Waals surface area contributed by atoms with Crippen LogP contribution in [-0.2, 0) is 4.79 Å². The van der Waals surface area contributed by atoms with Crippen molar-refractivity contribution in [3.05, 3.63) is 65.7 Å². The third-order valence-corrected chi connectivity index (χ3v) is 6.44. The van der Waals surface area contributed by atoms with Crippen molar-refractivity contribution in [3.63, 3.8) is 0 Å². The number of para-hydroxylation sites is 1. The molecule has 2 aromatic carbocycles. The lowest BCUT2D eigenvalue weighted by atomic mass is 10.1. The van der Waals surface area contributed by atoms with Gasteiger partial charge in [0.15, 0.2) is 5.16 Å². The molecule has 5 nitrogen and oxygen atoms in total. The zero-order valence-electron chi connectivity index (χ0n) is 17.2. The maximum Gasteiger partial charge on any atom is 0.234 e. The Morgan fingerprint density at radius 1 is 1.13 bits per heavy atom. The van der Waals surface area contributed by atoms with Gasteiger partial charge in [0.1, 0.15) is 11.5 Å². The lowest BCUT2D eigenvalue weighted by molar-refractivity contribution is -0.113. The van der Waals surface area contributed by atoms with Crippen LogP contribution < -0.4 is 10.2 Å². The molecule has 156 valence electrons. The Bertz CT molecular complexity index is 1060. The summed E-state index contributed by atoms with van der Waals surface area (Å²) in [4.78, 5) is 19.2. The molecule has 0 radical (unpaired) electrons. The second-order valence-corrected chi connectivity index (χ2v) is 8.41. The van der Waals surface area contributed by atoms with E-state index in [2.05, 4.69) is 35.1 Å². The third kappa shape index (κ3) is 4.21. The normalized spacial score (nSPS) is 13.6. The molecule has 0 aliphatic carbocycles. The zero-order chi connectivity index (χ0) is 21.1. The lowest BCUT2D eigenvalue weighted by Gasteiger charge is -2.22. The molecule has 1 saturated heterocycles. The molecule has 0 atom stereocenters. The Morgan fingerprint density at radius 2 is 1.87 bits per heavy atom. The van der Waals surface area contributed by atoms with Crippen LogP contribution in [0.3, 0.4) is 0 Å². The van der Waals surface area contributed by atoms with Gasteiger partial charge in [-0.05, 0) is 56.0 Å². The summed E-state index contributed by atoms with van der Waals surface area (Å²) in [6, 6.07) is 11.1. The van der Waals surface area contributed by atoms with Crippen LogP contribution in [0.4, 0.5) is 15.8 Å². The third-order valence-electron chi connectivity index (χ3n) is 5.48. The summed E-state index contributed by atoms with van der Waals surface area (Å²) in [6.07, 6.45) is 5.79. The van der Waals surface area contributed by atoms with E-state index in [1.807, 2.05) is 29.0 Å². The van der Waals surface area contributed by atoms with E-state index in [-0.39, 0.29) is 17.3 Å². The number of nitrogens with one attached hydrogen (secondary N) is 1. The minimum absolute atomic E-state index is 0.148. The van der Waals surface area contributed by atoms with Crippen LogP contribution in [-0.4, -0.2) is 34.3 Å². The van der Waals surface area contributed by atoms with Crippen LogP contribution in [0.5, 0.6) is 0 Å². The number of aromatic nitrogens is 2. The number of amides is 1. The molecular formula is C23H25FN4OS. The molecule has 1 aliphatic heterocycles. The zero-order valence-corrected chi connectivity index (χ0v) is 18.0. The van der Waals surface area contributed by atoms with Crippen molar-refractivity contribution in [1.29, 1.82) is 0 Å². The number of carbonyl (C=O) groups is 1. The first-order valence-corrected chi connectivity index (χ1v) is 11.1. The predicted molar refractivity (Wildman–Crippen MR) is 120 cm³/mol. The number of aryl methyl sites for hydroxylation is 1. The summed E-state index contributed by atoms with van der Waals surface area (Å²) in [7, 11) is 0. The molecule has 4 rings (SSSR count). The van der Waals surface area contributed by atoms with E-state index >= 15 is 0 Å². The van der Waals surface area contributed by atoms with E-state index in [9.17, 15) is 9.18 Å². The Labute approximate surface area is 180 Å². The molecule has 0 bridgehead atoms. The van der Waals surface area contributed by atoms with E-state index in [0.29, 0.717) is 0 Å².